The van der Waals surface area contributed by atoms with Crippen molar-refractivity contribution in [2.45, 2.75) is 6.04 Å². The fourth-order valence-corrected chi connectivity index (χ4v) is 3.92. The topological polar surface area (TPSA) is 59.4 Å². The van der Waals surface area contributed by atoms with Gasteiger partial charge >= 0.3 is 6.03 Å². The number of urea groups is 1. The summed E-state index contributed by atoms with van der Waals surface area (Å²) < 4.78 is 27.0. The number of carbonyl (C=O) groups excluding carboxylic acids is 1. The van der Waals surface area contributed by atoms with Crippen LogP contribution in [0.15, 0.2) is 72.8 Å². The Kier molecular flexibility index (Phi) is 6.43. The largest absolute Gasteiger partial charge is 0.322 e. The summed E-state index contributed by atoms with van der Waals surface area (Å²) in [5.74, 6) is -0.619. The van der Waals surface area contributed by atoms with Crippen molar-refractivity contribution in [3.63, 3.8) is 0 Å². The average molecular weight is 432 g/mol. The molecule has 1 aliphatic rings. The van der Waals surface area contributed by atoms with Gasteiger partial charge in [-0.1, -0.05) is 24.3 Å². The molecule has 5 nitrogen and oxygen atoms in total. The Morgan fingerprint density at radius 3 is 1.78 bits per heavy atom. The van der Waals surface area contributed by atoms with Gasteiger partial charge in [-0.3, -0.25) is 4.90 Å². The average Bonchev–Trinajstić information content (AvgIpc) is 2.82. The molecule has 0 aliphatic carbocycles. The van der Waals surface area contributed by atoms with Gasteiger partial charge < -0.3 is 10.2 Å². The highest BCUT2D eigenvalue weighted by molar-refractivity contribution is 5.89. The predicted octanol–water partition coefficient (Wildman–Crippen LogP) is 4.78. The molecular formula is C25H22F2N4O. The maximum Gasteiger partial charge on any atom is 0.321 e. The summed E-state index contributed by atoms with van der Waals surface area (Å²) in [5.41, 5.74) is 2.98. The number of piperazine rings is 1. The molecule has 0 radical (unpaired) electrons. The second kappa shape index (κ2) is 9.58. The maximum absolute atomic E-state index is 13.5. The number of rotatable bonds is 4. The van der Waals surface area contributed by atoms with Crippen molar-refractivity contribution < 1.29 is 13.6 Å². The number of halogens is 2. The molecule has 3 aromatic carbocycles. The first-order chi connectivity index (χ1) is 15.5. The number of nitrogens with zero attached hydrogens (tertiary/aromatic N) is 3. The molecule has 0 spiro atoms. The standard InChI is InChI=1S/C25H22F2N4O/c26-21-7-3-19(4-8-21)24(20-5-9-22(27)10-6-20)30-13-15-31(16-14-30)25(32)29-23-11-1-18(17-28)2-12-23/h1-12,24H,13-16H2,(H,29,32). The fraction of sp³-hybridized carbons (Fsp3) is 0.200. The Morgan fingerprint density at radius 2 is 1.31 bits per heavy atom. The van der Waals surface area contributed by atoms with Gasteiger partial charge in [0.15, 0.2) is 0 Å². The Balaban J connectivity index is 1.45. The minimum Gasteiger partial charge on any atom is -0.322 e. The Labute approximate surface area is 185 Å². The second-order valence-corrected chi connectivity index (χ2v) is 7.65. The van der Waals surface area contributed by atoms with Crippen LogP contribution in [0.5, 0.6) is 0 Å². The lowest BCUT2D eigenvalue weighted by molar-refractivity contribution is 0.126. The van der Waals surface area contributed by atoms with Crippen LogP contribution in [0, 0.1) is 23.0 Å². The highest BCUT2D eigenvalue weighted by Crippen LogP contribution is 2.30. The summed E-state index contributed by atoms with van der Waals surface area (Å²) in [6, 6.07) is 21.1. The van der Waals surface area contributed by atoms with E-state index >= 15 is 0 Å². The van der Waals surface area contributed by atoms with Crippen LogP contribution in [-0.4, -0.2) is 42.0 Å². The second-order valence-electron chi connectivity index (χ2n) is 7.65. The molecule has 0 bridgehead atoms. The zero-order valence-corrected chi connectivity index (χ0v) is 17.3. The SMILES string of the molecule is N#Cc1ccc(NC(=O)N2CCN(C(c3ccc(F)cc3)c3ccc(F)cc3)CC2)cc1. The van der Waals surface area contributed by atoms with Crippen LogP contribution >= 0.6 is 0 Å². The van der Waals surface area contributed by atoms with Crippen molar-refractivity contribution in [2.24, 2.45) is 0 Å². The molecule has 162 valence electrons. The van der Waals surface area contributed by atoms with Gasteiger partial charge in [0.1, 0.15) is 11.6 Å². The van der Waals surface area contributed by atoms with E-state index in [-0.39, 0.29) is 23.7 Å². The third-order valence-corrected chi connectivity index (χ3v) is 5.60. The van der Waals surface area contributed by atoms with E-state index in [9.17, 15) is 13.6 Å². The normalized spacial score (nSPS) is 14.2. The molecule has 2 amide bonds. The monoisotopic (exact) mass is 432 g/mol. The van der Waals surface area contributed by atoms with Crippen LogP contribution in [0.2, 0.25) is 0 Å². The van der Waals surface area contributed by atoms with E-state index < -0.39 is 0 Å². The summed E-state index contributed by atoms with van der Waals surface area (Å²) >= 11 is 0. The highest BCUT2D eigenvalue weighted by atomic mass is 19.1. The fourth-order valence-electron chi connectivity index (χ4n) is 3.92. The first-order valence-electron chi connectivity index (χ1n) is 10.3. The molecule has 1 N–H and O–H groups in total. The third kappa shape index (κ3) is 4.93. The molecule has 7 heteroatoms. The van der Waals surface area contributed by atoms with Crippen LogP contribution in [-0.2, 0) is 0 Å². The van der Waals surface area contributed by atoms with Gasteiger partial charge in [0, 0.05) is 31.9 Å². The Hall–Kier alpha value is -3.76. The van der Waals surface area contributed by atoms with Crippen LogP contribution < -0.4 is 5.32 Å². The van der Waals surface area contributed by atoms with E-state index in [0.29, 0.717) is 37.4 Å². The lowest BCUT2D eigenvalue weighted by atomic mass is 9.96. The van der Waals surface area contributed by atoms with Crippen molar-refractivity contribution in [1.82, 2.24) is 9.80 Å². The van der Waals surface area contributed by atoms with Crippen LogP contribution in [0.25, 0.3) is 0 Å². The summed E-state index contributed by atoms with van der Waals surface area (Å²) in [7, 11) is 0. The van der Waals surface area contributed by atoms with Crippen LogP contribution in [0.1, 0.15) is 22.7 Å². The Morgan fingerprint density at radius 1 is 0.812 bits per heavy atom. The minimum absolute atomic E-state index is 0.167. The first-order valence-corrected chi connectivity index (χ1v) is 10.3. The first kappa shape index (κ1) is 21.5. The van der Waals surface area contributed by atoms with Gasteiger partial charge in [-0.2, -0.15) is 5.26 Å². The molecule has 1 aliphatic heterocycles. The van der Waals surface area contributed by atoms with Gasteiger partial charge in [-0.15, -0.1) is 0 Å². The predicted molar refractivity (Wildman–Crippen MR) is 118 cm³/mol. The molecule has 1 saturated heterocycles. The van der Waals surface area contributed by atoms with Crippen molar-refractivity contribution in [1.29, 1.82) is 5.26 Å². The number of nitriles is 1. The number of nitrogens with one attached hydrogen (secondary N) is 1. The molecule has 0 saturated carbocycles. The zero-order chi connectivity index (χ0) is 22.5. The van der Waals surface area contributed by atoms with Gasteiger partial charge in [0.25, 0.3) is 0 Å². The summed E-state index contributed by atoms with van der Waals surface area (Å²) in [6.07, 6.45) is 0. The molecular weight excluding hydrogens is 410 g/mol. The quantitative estimate of drug-likeness (QED) is 0.646. The molecule has 0 aromatic heterocycles. The molecule has 0 atom stereocenters. The number of hydrogen-bond donors (Lipinski definition) is 1. The van der Waals surface area contributed by atoms with E-state index in [4.69, 9.17) is 5.26 Å². The number of anilines is 1. The van der Waals surface area contributed by atoms with Crippen LogP contribution in [0.4, 0.5) is 19.3 Å². The smallest absolute Gasteiger partial charge is 0.321 e. The van der Waals surface area contributed by atoms with E-state index in [0.717, 1.165) is 11.1 Å². The zero-order valence-electron chi connectivity index (χ0n) is 17.3. The third-order valence-electron chi connectivity index (χ3n) is 5.60. The van der Waals surface area contributed by atoms with E-state index in [1.807, 2.05) is 6.07 Å². The molecule has 1 heterocycles. The number of carbonyl (C=O) groups is 1. The summed E-state index contributed by atoms with van der Waals surface area (Å²) in [5, 5.41) is 11.7. The van der Waals surface area contributed by atoms with E-state index in [2.05, 4.69) is 10.2 Å². The van der Waals surface area contributed by atoms with E-state index in [1.54, 1.807) is 53.4 Å². The van der Waals surface area contributed by atoms with Gasteiger partial charge in [0.05, 0.1) is 17.7 Å². The summed E-state index contributed by atoms with van der Waals surface area (Å²) in [4.78, 5) is 16.6. The van der Waals surface area contributed by atoms with Gasteiger partial charge in [-0.25, -0.2) is 13.6 Å². The van der Waals surface area contributed by atoms with Crippen LogP contribution in [0.3, 0.4) is 0 Å². The Bertz CT molecular complexity index is 1060. The minimum atomic E-state index is -0.309. The van der Waals surface area contributed by atoms with Crippen molar-refractivity contribution >= 4 is 11.7 Å². The molecule has 0 unspecified atom stereocenters. The molecule has 1 fully saturated rings. The summed E-state index contributed by atoms with van der Waals surface area (Å²) in [6.45, 7) is 2.25. The maximum atomic E-state index is 13.5. The van der Waals surface area contributed by atoms with Crippen molar-refractivity contribution in [2.75, 3.05) is 31.5 Å². The van der Waals surface area contributed by atoms with E-state index in [1.165, 1.54) is 24.3 Å². The van der Waals surface area contributed by atoms with Gasteiger partial charge in [-0.05, 0) is 59.7 Å². The molecule has 3 aromatic rings. The lowest BCUT2D eigenvalue weighted by Gasteiger charge is -2.39. The molecule has 4 rings (SSSR count). The lowest BCUT2D eigenvalue weighted by Crippen LogP contribution is -2.51. The molecule has 32 heavy (non-hydrogen) atoms. The highest BCUT2D eigenvalue weighted by Gasteiger charge is 2.28. The van der Waals surface area contributed by atoms with Gasteiger partial charge in [0.2, 0.25) is 0 Å². The van der Waals surface area contributed by atoms with Crippen molar-refractivity contribution in [3.05, 3.63) is 101 Å². The van der Waals surface area contributed by atoms with Crippen molar-refractivity contribution in [3.8, 4) is 6.07 Å². The number of benzene rings is 3. The number of hydrogen-bond acceptors (Lipinski definition) is 3. The number of amides is 2.